The molecule has 1 aromatic rings. The van der Waals surface area contributed by atoms with E-state index in [1.165, 1.54) is 0 Å². The fourth-order valence-corrected chi connectivity index (χ4v) is 1.08. The van der Waals surface area contributed by atoms with Gasteiger partial charge in [0.2, 0.25) is 0 Å². The quantitative estimate of drug-likeness (QED) is 0.612. The highest BCUT2D eigenvalue weighted by atomic mass is 32.2. The third kappa shape index (κ3) is 11.5. The first-order chi connectivity index (χ1) is 7.49. The van der Waals surface area contributed by atoms with E-state index in [1.807, 2.05) is 45.0 Å². The summed E-state index contributed by atoms with van der Waals surface area (Å²) in [6.45, 7) is 6.06. The Bertz CT molecular complexity index is 439. The molecule has 1 N–H and O–H groups in total. The summed E-state index contributed by atoms with van der Waals surface area (Å²) in [5, 5.41) is 0. The van der Waals surface area contributed by atoms with E-state index in [0.717, 1.165) is 10.6 Å². The molecule has 0 amide bonds. The van der Waals surface area contributed by atoms with E-state index in [4.69, 9.17) is 9.29 Å². The van der Waals surface area contributed by atoms with Crippen molar-refractivity contribution in [3.05, 3.63) is 24.3 Å². The fourth-order valence-electron chi connectivity index (χ4n) is 0.873. The molecule has 0 spiro atoms. The maximum absolute atomic E-state index is 9.19. The van der Waals surface area contributed by atoms with Crippen LogP contribution in [0.3, 0.4) is 0 Å². The normalized spacial score (nSPS) is 11.4. The molecule has 0 saturated carbocycles. The van der Waals surface area contributed by atoms with Crippen LogP contribution in [0.25, 0.3) is 0 Å². The number of thiol groups is 1. The van der Waals surface area contributed by atoms with E-state index in [0.29, 0.717) is 6.26 Å². The lowest BCUT2D eigenvalue weighted by atomic mass is 10.2. The number of hydrogen-bond donors (Lipinski definition) is 2. The number of para-hydroxylation sites is 1. The summed E-state index contributed by atoms with van der Waals surface area (Å²) in [5.41, 5.74) is -0.154. The molecule has 0 aliphatic rings. The van der Waals surface area contributed by atoms with Gasteiger partial charge in [0, 0.05) is 4.90 Å². The first kappa shape index (κ1) is 16.3. The largest absolute Gasteiger partial charge is 0.487 e. The SMILES string of the molecule is CC(C)(C)Oc1ccccc1S.CS(=O)(=O)O. The van der Waals surface area contributed by atoms with Gasteiger partial charge in [0.1, 0.15) is 11.4 Å². The van der Waals surface area contributed by atoms with Crippen molar-refractivity contribution < 1.29 is 17.7 Å². The second-order valence-electron chi connectivity index (χ2n) is 4.42. The Balaban J connectivity index is 0.000000437. The number of benzene rings is 1. The van der Waals surface area contributed by atoms with Gasteiger partial charge in [0.25, 0.3) is 10.1 Å². The van der Waals surface area contributed by atoms with Gasteiger partial charge in [-0.3, -0.25) is 4.55 Å². The van der Waals surface area contributed by atoms with Crippen LogP contribution in [0.5, 0.6) is 5.75 Å². The molecular formula is C11H18O4S2. The molecule has 0 heterocycles. The highest BCUT2D eigenvalue weighted by molar-refractivity contribution is 7.85. The fraction of sp³-hybridized carbons (Fsp3) is 0.455. The summed E-state index contributed by atoms with van der Waals surface area (Å²) in [5.74, 6) is 0.841. The van der Waals surface area contributed by atoms with Gasteiger partial charge < -0.3 is 4.74 Å². The highest BCUT2D eigenvalue weighted by Crippen LogP contribution is 2.25. The predicted molar refractivity (Wildman–Crippen MR) is 71.5 cm³/mol. The zero-order valence-electron chi connectivity index (χ0n) is 10.3. The molecule has 0 fully saturated rings. The molecule has 0 bridgehead atoms. The topological polar surface area (TPSA) is 63.6 Å². The Labute approximate surface area is 108 Å². The molecule has 6 heteroatoms. The molecule has 1 rings (SSSR count). The van der Waals surface area contributed by atoms with Crippen molar-refractivity contribution in [2.75, 3.05) is 6.26 Å². The molecule has 17 heavy (non-hydrogen) atoms. The molecule has 0 aliphatic carbocycles. The van der Waals surface area contributed by atoms with Crippen molar-refractivity contribution in [1.82, 2.24) is 0 Å². The number of rotatable bonds is 1. The van der Waals surface area contributed by atoms with Crippen LogP contribution in [-0.4, -0.2) is 24.8 Å². The van der Waals surface area contributed by atoms with E-state index >= 15 is 0 Å². The molecule has 0 saturated heterocycles. The van der Waals surface area contributed by atoms with Gasteiger partial charge in [-0.05, 0) is 32.9 Å². The zero-order chi connectivity index (χ0) is 13.7. The summed E-state index contributed by atoms with van der Waals surface area (Å²) in [6.07, 6.45) is 0.715. The van der Waals surface area contributed by atoms with E-state index in [2.05, 4.69) is 12.6 Å². The molecule has 0 radical (unpaired) electrons. The Kier molecular flexibility index (Phi) is 6.01. The predicted octanol–water partition coefficient (Wildman–Crippen LogP) is 2.66. The van der Waals surface area contributed by atoms with E-state index in [9.17, 15) is 8.42 Å². The average Bonchev–Trinajstić information content (AvgIpc) is 2.03. The van der Waals surface area contributed by atoms with Crippen molar-refractivity contribution in [3.63, 3.8) is 0 Å². The molecule has 98 valence electrons. The Morgan fingerprint density at radius 1 is 1.24 bits per heavy atom. The molecule has 0 aromatic heterocycles. The lowest BCUT2D eigenvalue weighted by Gasteiger charge is -2.22. The van der Waals surface area contributed by atoms with Crippen LogP contribution >= 0.6 is 12.6 Å². The van der Waals surface area contributed by atoms with Crippen LogP contribution in [0.1, 0.15) is 20.8 Å². The minimum absolute atomic E-state index is 0.154. The van der Waals surface area contributed by atoms with E-state index < -0.39 is 10.1 Å². The van der Waals surface area contributed by atoms with Crippen molar-refractivity contribution in [1.29, 1.82) is 0 Å². The summed E-state index contributed by atoms with van der Waals surface area (Å²) in [4.78, 5) is 0.882. The maximum atomic E-state index is 9.19. The van der Waals surface area contributed by atoms with E-state index in [1.54, 1.807) is 0 Å². The van der Waals surface area contributed by atoms with Crippen molar-refractivity contribution in [3.8, 4) is 5.75 Å². The lowest BCUT2D eigenvalue weighted by molar-refractivity contribution is 0.127. The summed E-state index contributed by atoms with van der Waals surface area (Å²) < 4.78 is 31.5. The number of hydrogen-bond acceptors (Lipinski definition) is 4. The Morgan fingerprint density at radius 2 is 1.65 bits per heavy atom. The van der Waals surface area contributed by atoms with Crippen molar-refractivity contribution in [2.45, 2.75) is 31.3 Å². The maximum Gasteiger partial charge on any atom is 0.261 e. The van der Waals surface area contributed by atoms with Gasteiger partial charge >= 0.3 is 0 Å². The van der Waals surface area contributed by atoms with Crippen LogP contribution in [0, 0.1) is 0 Å². The highest BCUT2D eigenvalue weighted by Gasteiger charge is 2.12. The van der Waals surface area contributed by atoms with Gasteiger partial charge in [-0.25, -0.2) is 0 Å². The van der Waals surface area contributed by atoms with E-state index in [-0.39, 0.29) is 5.60 Å². The van der Waals surface area contributed by atoms with Crippen LogP contribution in [0.4, 0.5) is 0 Å². The molecule has 0 aliphatic heterocycles. The van der Waals surface area contributed by atoms with Crippen LogP contribution in [0.2, 0.25) is 0 Å². The zero-order valence-corrected chi connectivity index (χ0v) is 12.0. The van der Waals surface area contributed by atoms with Gasteiger partial charge in [-0.1, -0.05) is 12.1 Å². The lowest BCUT2D eigenvalue weighted by Crippen LogP contribution is -2.23. The first-order valence-corrected chi connectivity index (χ1v) is 7.18. The van der Waals surface area contributed by atoms with Crippen LogP contribution in [-0.2, 0) is 10.1 Å². The van der Waals surface area contributed by atoms with Crippen LogP contribution in [0.15, 0.2) is 29.2 Å². The number of ether oxygens (including phenoxy) is 1. The molecule has 4 nitrogen and oxygen atoms in total. The minimum atomic E-state index is -3.67. The Morgan fingerprint density at radius 3 is 2.00 bits per heavy atom. The summed E-state index contributed by atoms with van der Waals surface area (Å²) in [7, 11) is -3.67. The van der Waals surface area contributed by atoms with Gasteiger partial charge in [0.15, 0.2) is 0 Å². The molecule has 1 aromatic carbocycles. The average molecular weight is 278 g/mol. The molecule has 0 unspecified atom stereocenters. The molecule has 0 atom stereocenters. The van der Waals surface area contributed by atoms with Crippen molar-refractivity contribution >= 4 is 22.7 Å². The first-order valence-electron chi connectivity index (χ1n) is 4.88. The third-order valence-electron chi connectivity index (χ3n) is 1.28. The van der Waals surface area contributed by atoms with Gasteiger partial charge in [-0.2, -0.15) is 8.42 Å². The van der Waals surface area contributed by atoms with Gasteiger partial charge in [-0.15, -0.1) is 12.6 Å². The summed E-state index contributed by atoms with van der Waals surface area (Å²) >= 11 is 4.28. The second kappa shape index (κ2) is 6.28. The minimum Gasteiger partial charge on any atom is -0.487 e. The van der Waals surface area contributed by atoms with Crippen molar-refractivity contribution in [2.24, 2.45) is 0 Å². The Hall–Kier alpha value is -0.720. The smallest absolute Gasteiger partial charge is 0.261 e. The monoisotopic (exact) mass is 278 g/mol. The summed E-state index contributed by atoms with van der Waals surface area (Å²) in [6, 6.07) is 7.73. The van der Waals surface area contributed by atoms with Gasteiger partial charge in [0.05, 0.1) is 6.26 Å². The standard InChI is InChI=1S/C10H14OS.CH4O3S/c1-10(2,3)11-8-6-4-5-7-9(8)12;1-5(2,3)4/h4-7,12H,1-3H3;1H3,(H,2,3,4). The third-order valence-corrected chi connectivity index (χ3v) is 1.65. The van der Waals surface area contributed by atoms with Crippen LogP contribution < -0.4 is 4.74 Å². The molecular weight excluding hydrogens is 260 g/mol. The second-order valence-corrected chi connectivity index (χ2v) is 6.36.